The number of hydrogen-bond acceptors (Lipinski definition) is 3. The first-order valence-electron chi connectivity index (χ1n) is 4.65. The Hall–Kier alpha value is -0.930. The SMILES string of the molecule is Cc1cc(CCl)nc(-c2csc(C)c2)n1. The van der Waals surface area contributed by atoms with Gasteiger partial charge >= 0.3 is 0 Å². The zero-order valence-electron chi connectivity index (χ0n) is 8.62. The van der Waals surface area contributed by atoms with Crippen molar-refractivity contribution in [2.75, 3.05) is 0 Å². The minimum atomic E-state index is 0.430. The van der Waals surface area contributed by atoms with Crippen molar-refractivity contribution in [2.45, 2.75) is 19.7 Å². The Kier molecular flexibility index (Phi) is 3.03. The molecular weight excluding hydrogens is 228 g/mol. The summed E-state index contributed by atoms with van der Waals surface area (Å²) < 4.78 is 0. The fourth-order valence-electron chi connectivity index (χ4n) is 1.39. The van der Waals surface area contributed by atoms with Crippen LogP contribution < -0.4 is 0 Å². The average molecular weight is 239 g/mol. The van der Waals surface area contributed by atoms with Crippen LogP contribution >= 0.6 is 22.9 Å². The lowest BCUT2D eigenvalue weighted by Gasteiger charge is -2.01. The van der Waals surface area contributed by atoms with E-state index in [9.17, 15) is 0 Å². The van der Waals surface area contributed by atoms with Crippen LogP contribution in [0.3, 0.4) is 0 Å². The lowest BCUT2D eigenvalue weighted by atomic mass is 10.2. The fourth-order valence-corrected chi connectivity index (χ4v) is 2.21. The van der Waals surface area contributed by atoms with Crippen molar-refractivity contribution in [3.63, 3.8) is 0 Å². The second-order valence-corrected chi connectivity index (χ2v) is 4.79. The molecule has 0 amide bonds. The third kappa shape index (κ3) is 2.36. The number of thiophene rings is 1. The molecule has 0 unspecified atom stereocenters. The van der Waals surface area contributed by atoms with E-state index in [1.54, 1.807) is 11.3 Å². The molecule has 0 aliphatic carbocycles. The first-order chi connectivity index (χ1) is 7.19. The summed E-state index contributed by atoms with van der Waals surface area (Å²) in [5.74, 6) is 1.20. The van der Waals surface area contributed by atoms with Gasteiger partial charge in [-0.1, -0.05) is 0 Å². The molecule has 0 N–H and O–H groups in total. The van der Waals surface area contributed by atoms with Gasteiger partial charge in [-0.2, -0.15) is 0 Å². The molecule has 0 radical (unpaired) electrons. The van der Waals surface area contributed by atoms with Crippen molar-refractivity contribution in [1.82, 2.24) is 9.97 Å². The van der Waals surface area contributed by atoms with Crippen molar-refractivity contribution in [3.8, 4) is 11.4 Å². The van der Waals surface area contributed by atoms with Crippen LogP contribution in [0.25, 0.3) is 11.4 Å². The van der Waals surface area contributed by atoms with Crippen LogP contribution in [0, 0.1) is 13.8 Å². The molecule has 0 bridgehead atoms. The Morgan fingerprint density at radius 1 is 1.27 bits per heavy atom. The summed E-state index contributed by atoms with van der Waals surface area (Å²) in [5, 5.41) is 2.07. The van der Waals surface area contributed by atoms with E-state index in [1.807, 2.05) is 13.0 Å². The second-order valence-electron chi connectivity index (χ2n) is 3.40. The standard InChI is InChI=1S/C11H11ClN2S/c1-7-3-10(5-12)14-11(13-7)9-4-8(2)15-6-9/h3-4,6H,5H2,1-2H3. The minimum absolute atomic E-state index is 0.430. The molecule has 0 saturated heterocycles. The van der Waals surface area contributed by atoms with E-state index in [-0.39, 0.29) is 0 Å². The van der Waals surface area contributed by atoms with Crippen LogP contribution in [-0.4, -0.2) is 9.97 Å². The molecule has 0 spiro atoms. The van der Waals surface area contributed by atoms with Gasteiger partial charge in [0.15, 0.2) is 5.82 Å². The smallest absolute Gasteiger partial charge is 0.160 e. The van der Waals surface area contributed by atoms with Crippen molar-refractivity contribution in [3.05, 3.63) is 33.8 Å². The molecule has 15 heavy (non-hydrogen) atoms. The summed E-state index contributed by atoms with van der Waals surface area (Å²) in [6.07, 6.45) is 0. The van der Waals surface area contributed by atoms with Crippen molar-refractivity contribution in [1.29, 1.82) is 0 Å². The number of aryl methyl sites for hydroxylation is 2. The van der Waals surface area contributed by atoms with Gasteiger partial charge in [0, 0.05) is 21.5 Å². The fraction of sp³-hybridized carbons (Fsp3) is 0.273. The highest BCUT2D eigenvalue weighted by Gasteiger charge is 2.05. The van der Waals surface area contributed by atoms with Gasteiger partial charge < -0.3 is 0 Å². The van der Waals surface area contributed by atoms with Crippen LogP contribution in [-0.2, 0) is 5.88 Å². The van der Waals surface area contributed by atoms with E-state index in [0.717, 1.165) is 22.8 Å². The summed E-state index contributed by atoms with van der Waals surface area (Å²) in [4.78, 5) is 10.1. The number of rotatable bonds is 2. The van der Waals surface area contributed by atoms with Gasteiger partial charge in [0.2, 0.25) is 0 Å². The molecule has 0 aliphatic rings. The molecule has 0 fully saturated rings. The zero-order chi connectivity index (χ0) is 10.8. The highest BCUT2D eigenvalue weighted by Crippen LogP contribution is 2.22. The second kappa shape index (κ2) is 4.29. The molecule has 2 heterocycles. The maximum absolute atomic E-state index is 5.78. The first-order valence-corrected chi connectivity index (χ1v) is 6.06. The molecule has 0 saturated carbocycles. The summed E-state index contributed by atoms with van der Waals surface area (Å²) in [6.45, 7) is 4.03. The third-order valence-corrected chi connectivity index (χ3v) is 3.17. The van der Waals surface area contributed by atoms with Gasteiger partial charge in [-0.3, -0.25) is 0 Å². The lowest BCUT2D eigenvalue weighted by Crippen LogP contribution is -1.95. The van der Waals surface area contributed by atoms with E-state index in [0.29, 0.717) is 5.88 Å². The first kappa shape index (κ1) is 10.6. The van der Waals surface area contributed by atoms with E-state index in [4.69, 9.17) is 11.6 Å². The van der Waals surface area contributed by atoms with Gasteiger partial charge in [0.05, 0.1) is 11.6 Å². The van der Waals surface area contributed by atoms with Gasteiger partial charge in [0.25, 0.3) is 0 Å². The van der Waals surface area contributed by atoms with Crippen molar-refractivity contribution < 1.29 is 0 Å². The molecule has 0 aromatic carbocycles. The van der Waals surface area contributed by atoms with E-state index >= 15 is 0 Å². The van der Waals surface area contributed by atoms with Crippen LogP contribution in [0.1, 0.15) is 16.3 Å². The summed E-state index contributed by atoms with van der Waals surface area (Å²) in [5.41, 5.74) is 2.91. The maximum atomic E-state index is 5.78. The quantitative estimate of drug-likeness (QED) is 0.748. The van der Waals surface area contributed by atoms with E-state index in [2.05, 4.69) is 28.3 Å². The molecule has 0 atom stereocenters. The number of halogens is 1. The largest absolute Gasteiger partial charge is 0.233 e. The number of aromatic nitrogens is 2. The third-order valence-electron chi connectivity index (χ3n) is 2.03. The maximum Gasteiger partial charge on any atom is 0.160 e. The highest BCUT2D eigenvalue weighted by molar-refractivity contribution is 7.10. The summed E-state index contributed by atoms with van der Waals surface area (Å²) in [7, 11) is 0. The predicted octanol–water partition coefficient (Wildman–Crippen LogP) is 3.56. The Labute approximate surface area is 98.0 Å². The van der Waals surface area contributed by atoms with E-state index < -0.39 is 0 Å². The van der Waals surface area contributed by atoms with Crippen LogP contribution in [0.5, 0.6) is 0 Å². The number of hydrogen-bond donors (Lipinski definition) is 0. The van der Waals surface area contributed by atoms with Crippen LogP contribution in [0.15, 0.2) is 17.5 Å². The molecule has 2 nitrogen and oxygen atoms in total. The lowest BCUT2D eigenvalue weighted by molar-refractivity contribution is 1.05. The Morgan fingerprint density at radius 3 is 2.67 bits per heavy atom. The Bertz CT molecular complexity index is 479. The minimum Gasteiger partial charge on any atom is -0.233 e. The highest BCUT2D eigenvalue weighted by atomic mass is 35.5. The molecule has 2 aromatic rings. The topological polar surface area (TPSA) is 25.8 Å². The number of alkyl halides is 1. The van der Waals surface area contributed by atoms with Crippen molar-refractivity contribution >= 4 is 22.9 Å². The normalized spacial score (nSPS) is 10.6. The molecule has 4 heteroatoms. The predicted molar refractivity (Wildman–Crippen MR) is 64.4 cm³/mol. The average Bonchev–Trinajstić information content (AvgIpc) is 2.64. The van der Waals surface area contributed by atoms with E-state index in [1.165, 1.54) is 4.88 Å². The Morgan fingerprint density at radius 2 is 2.07 bits per heavy atom. The molecule has 2 rings (SSSR count). The number of nitrogens with zero attached hydrogens (tertiary/aromatic N) is 2. The molecule has 0 aliphatic heterocycles. The van der Waals surface area contributed by atoms with Gasteiger partial charge in [0.1, 0.15) is 0 Å². The Balaban J connectivity index is 2.48. The van der Waals surface area contributed by atoms with Crippen molar-refractivity contribution in [2.24, 2.45) is 0 Å². The molecular formula is C11H11ClN2S. The molecule has 78 valence electrons. The van der Waals surface area contributed by atoms with Gasteiger partial charge in [-0.05, 0) is 26.0 Å². The molecule has 2 aromatic heterocycles. The van der Waals surface area contributed by atoms with Gasteiger partial charge in [-0.25, -0.2) is 9.97 Å². The van der Waals surface area contributed by atoms with Crippen LogP contribution in [0.2, 0.25) is 0 Å². The summed E-state index contributed by atoms with van der Waals surface area (Å²) in [6, 6.07) is 4.01. The van der Waals surface area contributed by atoms with Gasteiger partial charge in [-0.15, -0.1) is 22.9 Å². The zero-order valence-corrected chi connectivity index (χ0v) is 10.2. The van der Waals surface area contributed by atoms with Crippen LogP contribution in [0.4, 0.5) is 0 Å². The summed E-state index contributed by atoms with van der Waals surface area (Å²) >= 11 is 7.48. The monoisotopic (exact) mass is 238 g/mol.